The molecule has 0 aliphatic carbocycles. The number of ether oxygens (including phenoxy) is 2. The monoisotopic (exact) mass is 409 g/mol. The van der Waals surface area contributed by atoms with Crippen LogP contribution in [-0.2, 0) is 20.7 Å². The van der Waals surface area contributed by atoms with Crippen molar-refractivity contribution in [1.82, 2.24) is 4.90 Å². The Hall–Kier alpha value is -3.15. The molecule has 1 fully saturated rings. The van der Waals surface area contributed by atoms with Crippen LogP contribution in [0.2, 0.25) is 0 Å². The summed E-state index contributed by atoms with van der Waals surface area (Å²) < 4.78 is 10.9. The van der Waals surface area contributed by atoms with E-state index in [0.717, 1.165) is 10.5 Å². The molecule has 1 aliphatic heterocycles. The molecule has 3 rings (SSSR count). The zero-order chi connectivity index (χ0) is 21.7. The van der Waals surface area contributed by atoms with Gasteiger partial charge in [0, 0.05) is 6.42 Å². The summed E-state index contributed by atoms with van der Waals surface area (Å²) in [5.74, 6) is -0.656. The Kier molecular flexibility index (Phi) is 6.55. The van der Waals surface area contributed by atoms with Crippen LogP contribution in [0.5, 0.6) is 5.75 Å². The van der Waals surface area contributed by atoms with Crippen molar-refractivity contribution in [2.75, 3.05) is 6.61 Å². The zero-order valence-electron chi connectivity index (χ0n) is 17.5. The number of hydrogen-bond acceptors (Lipinski definition) is 5. The minimum atomic E-state index is -1.41. The predicted molar refractivity (Wildman–Crippen MR) is 112 cm³/mol. The van der Waals surface area contributed by atoms with Gasteiger partial charge >= 0.3 is 6.09 Å². The van der Waals surface area contributed by atoms with E-state index in [1.54, 1.807) is 24.3 Å². The number of ketones is 1. The highest BCUT2D eigenvalue weighted by atomic mass is 16.6. The fourth-order valence-electron chi connectivity index (χ4n) is 3.40. The molecule has 2 atom stereocenters. The Bertz CT molecular complexity index is 889. The van der Waals surface area contributed by atoms with E-state index in [0.29, 0.717) is 12.2 Å². The summed E-state index contributed by atoms with van der Waals surface area (Å²) in [6, 6.07) is 17.7. The molecule has 0 bridgehead atoms. The number of amides is 2. The molecule has 2 unspecified atom stereocenters. The van der Waals surface area contributed by atoms with Crippen LogP contribution in [-0.4, -0.2) is 41.4 Å². The van der Waals surface area contributed by atoms with Crippen molar-refractivity contribution >= 4 is 17.8 Å². The number of cyclic esters (lactones) is 1. The standard InChI is InChI=1S/C24H27NO5/c1-24(2,3)15-20(26)21(30-19-12-8-5-9-13-19)22(27)25-18(16-29-23(25)28)14-17-10-6-4-7-11-17/h4-13,18,21H,14-16H2,1-3H3. The predicted octanol–water partition coefficient (Wildman–Crippen LogP) is 4.03. The molecule has 0 radical (unpaired) electrons. The summed E-state index contributed by atoms with van der Waals surface area (Å²) in [5, 5.41) is 0. The number of imide groups is 1. The lowest BCUT2D eigenvalue weighted by atomic mass is 9.88. The summed E-state index contributed by atoms with van der Waals surface area (Å²) in [4.78, 5) is 39.8. The Labute approximate surface area is 176 Å². The number of para-hydroxylation sites is 1. The summed E-state index contributed by atoms with van der Waals surface area (Å²) >= 11 is 0. The van der Waals surface area contributed by atoms with E-state index in [-0.39, 0.29) is 24.2 Å². The smallest absolute Gasteiger partial charge is 0.417 e. The fourth-order valence-corrected chi connectivity index (χ4v) is 3.40. The summed E-state index contributed by atoms with van der Waals surface area (Å²) in [6.07, 6.45) is -1.56. The zero-order valence-corrected chi connectivity index (χ0v) is 17.5. The minimum absolute atomic E-state index is 0.0883. The van der Waals surface area contributed by atoms with Gasteiger partial charge in [-0.25, -0.2) is 9.69 Å². The molecule has 0 aromatic heterocycles. The van der Waals surface area contributed by atoms with Gasteiger partial charge in [-0.15, -0.1) is 0 Å². The summed E-state index contributed by atoms with van der Waals surface area (Å²) in [5.41, 5.74) is 0.644. The van der Waals surface area contributed by atoms with Gasteiger partial charge < -0.3 is 9.47 Å². The molecule has 0 saturated carbocycles. The van der Waals surface area contributed by atoms with Crippen molar-refractivity contribution in [3.8, 4) is 5.75 Å². The molecule has 6 nitrogen and oxygen atoms in total. The van der Waals surface area contributed by atoms with Crippen LogP contribution in [0.3, 0.4) is 0 Å². The van der Waals surface area contributed by atoms with Gasteiger partial charge in [0.15, 0.2) is 5.78 Å². The Morgan fingerprint density at radius 3 is 2.27 bits per heavy atom. The fraction of sp³-hybridized carbons (Fsp3) is 0.375. The first-order chi connectivity index (χ1) is 14.2. The molecule has 0 spiro atoms. The first kappa shape index (κ1) is 21.6. The Balaban J connectivity index is 1.85. The molecule has 1 saturated heterocycles. The van der Waals surface area contributed by atoms with E-state index in [1.807, 2.05) is 57.2 Å². The van der Waals surface area contributed by atoms with Crippen molar-refractivity contribution in [3.05, 3.63) is 66.2 Å². The van der Waals surface area contributed by atoms with Crippen LogP contribution in [0.25, 0.3) is 0 Å². The minimum Gasteiger partial charge on any atom is -0.473 e. The van der Waals surface area contributed by atoms with Crippen molar-refractivity contribution in [2.45, 2.75) is 45.8 Å². The highest BCUT2D eigenvalue weighted by Gasteiger charge is 2.44. The normalized spacial score (nSPS) is 17.4. The molecule has 2 aromatic carbocycles. The number of Topliss-reactive ketones (excluding diaryl/α,β-unsaturated/α-hetero) is 1. The topological polar surface area (TPSA) is 72.9 Å². The van der Waals surface area contributed by atoms with Gasteiger partial charge in [-0.05, 0) is 29.5 Å². The lowest BCUT2D eigenvalue weighted by Gasteiger charge is -2.27. The van der Waals surface area contributed by atoms with Gasteiger partial charge in [0.1, 0.15) is 12.4 Å². The number of benzene rings is 2. The lowest BCUT2D eigenvalue weighted by molar-refractivity contribution is -0.144. The number of rotatable bonds is 7. The van der Waals surface area contributed by atoms with E-state index in [4.69, 9.17) is 9.47 Å². The Morgan fingerprint density at radius 1 is 1.07 bits per heavy atom. The number of nitrogens with zero attached hydrogens (tertiary/aromatic N) is 1. The average molecular weight is 409 g/mol. The van der Waals surface area contributed by atoms with Gasteiger partial charge in [0.2, 0.25) is 6.10 Å². The van der Waals surface area contributed by atoms with Crippen LogP contribution >= 0.6 is 0 Å². The quantitative estimate of drug-likeness (QED) is 0.646. The Morgan fingerprint density at radius 2 is 1.67 bits per heavy atom. The number of carbonyl (C=O) groups is 3. The third kappa shape index (κ3) is 5.47. The number of carbonyl (C=O) groups excluding carboxylic acids is 3. The summed E-state index contributed by atoms with van der Waals surface area (Å²) in [6.45, 7) is 5.83. The first-order valence-corrected chi connectivity index (χ1v) is 10.0. The van der Waals surface area contributed by atoms with Gasteiger partial charge in [0.05, 0.1) is 6.04 Å². The van der Waals surface area contributed by atoms with E-state index in [9.17, 15) is 14.4 Å². The molecule has 6 heteroatoms. The highest BCUT2D eigenvalue weighted by molar-refractivity contribution is 6.09. The van der Waals surface area contributed by atoms with Crippen molar-refractivity contribution in [1.29, 1.82) is 0 Å². The van der Waals surface area contributed by atoms with Crippen LogP contribution in [0, 0.1) is 5.41 Å². The second-order valence-electron chi connectivity index (χ2n) is 8.64. The maximum atomic E-state index is 13.4. The lowest BCUT2D eigenvalue weighted by Crippen LogP contribution is -2.51. The third-order valence-corrected chi connectivity index (χ3v) is 4.73. The van der Waals surface area contributed by atoms with E-state index in [2.05, 4.69) is 0 Å². The second kappa shape index (κ2) is 9.11. The van der Waals surface area contributed by atoms with E-state index >= 15 is 0 Å². The maximum absolute atomic E-state index is 13.4. The molecule has 1 aliphatic rings. The maximum Gasteiger partial charge on any atom is 0.417 e. The molecular weight excluding hydrogens is 382 g/mol. The van der Waals surface area contributed by atoms with Gasteiger partial charge in [0.25, 0.3) is 5.91 Å². The second-order valence-corrected chi connectivity index (χ2v) is 8.64. The van der Waals surface area contributed by atoms with Crippen molar-refractivity contribution in [3.63, 3.8) is 0 Å². The number of hydrogen-bond donors (Lipinski definition) is 0. The average Bonchev–Trinajstić information content (AvgIpc) is 3.06. The molecule has 158 valence electrons. The molecule has 1 heterocycles. The first-order valence-electron chi connectivity index (χ1n) is 10.0. The van der Waals surface area contributed by atoms with Gasteiger partial charge in [-0.2, -0.15) is 0 Å². The van der Waals surface area contributed by atoms with E-state index in [1.165, 1.54) is 0 Å². The molecule has 0 N–H and O–H groups in total. The van der Waals surface area contributed by atoms with Crippen LogP contribution in [0.4, 0.5) is 4.79 Å². The van der Waals surface area contributed by atoms with Gasteiger partial charge in [-0.1, -0.05) is 69.3 Å². The summed E-state index contributed by atoms with van der Waals surface area (Å²) in [7, 11) is 0. The van der Waals surface area contributed by atoms with Crippen LogP contribution < -0.4 is 4.74 Å². The van der Waals surface area contributed by atoms with E-state index < -0.39 is 24.1 Å². The van der Waals surface area contributed by atoms with Crippen LogP contribution in [0.15, 0.2) is 60.7 Å². The van der Waals surface area contributed by atoms with Crippen molar-refractivity contribution < 1.29 is 23.9 Å². The molecule has 2 aromatic rings. The SMILES string of the molecule is CC(C)(C)CC(=O)C(Oc1ccccc1)C(=O)N1C(=O)OCC1Cc1ccccc1. The van der Waals surface area contributed by atoms with Gasteiger partial charge in [-0.3, -0.25) is 9.59 Å². The molecule has 30 heavy (non-hydrogen) atoms. The third-order valence-electron chi connectivity index (χ3n) is 4.73. The largest absolute Gasteiger partial charge is 0.473 e. The molecular formula is C24H27NO5. The van der Waals surface area contributed by atoms with Crippen LogP contribution in [0.1, 0.15) is 32.8 Å². The van der Waals surface area contributed by atoms with Crippen molar-refractivity contribution in [2.24, 2.45) is 5.41 Å². The highest BCUT2D eigenvalue weighted by Crippen LogP contribution is 2.25. The molecule has 2 amide bonds.